The summed E-state index contributed by atoms with van der Waals surface area (Å²) in [6.45, 7) is 1.60. The molecule has 0 aromatic heterocycles. The minimum Gasteiger partial charge on any atom is -0.324 e. The number of benzene rings is 1. The van der Waals surface area contributed by atoms with E-state index >= 15 is 0 Å². The molecule has 0 saturated carbocycles. The lowest BCUT2D eigenvalue weighted by atomic mass is 10.2. The minimum atomic E-state index is -4.53. The zero-order chi connectivity index (χ0) is 13.2. The Labute approximate surface area is 106 Å². The molecule has 1 aromatic carbocycles. The first-order chi connectivity index (χ1) is 7.75. The lowest BCUT2D eigenvalue weighted by Crippen LogP contribution is -2.12. The average Bonchev–Trinajstić information content (AvgIpc) is 2.21. The van der Waals surface area contributed by atoms with Crippen LogP contribution in [-0.2, 0) is 11.0 Å². The van der Waals surface area contributed by atoms with Crippen molar-refractivity contribution in [3.05, 3.63) is 27.7 Å². The SMILES string of the molecule is CCC(=O)Nc1c(Cl)cc(C(F)(F)F)cc1Cl. The van der Waals surface area contributed by atoms with Crippen LogP contribution in [0.15, 0.2) is 12.1 Å². The van der Waals surface area contributed by atoms with Crippen LogP contribution in [0.3, 0.4) is 0 Å². The summed E-state index contributed by atoms with van der Waals surface area (Å²) in [5.74, 6) is -0.381. The molecule has 0 atom stereocenters. The van der Waals surface area contributed by atoms with Crippen LogP contribution in [-0.4, -0.2) is 5.91 Å². The Kier molecular flexibility index (Phi) is 4.27. The van der Waals surface area contributed by atoms with Gasteiger partial charge in [-0.25, -0.2) is 0 Å². The van der Waals surface area contributed by atoms with E-state index in [1.807, 2.05) is 0 Å². The van der Waals surface area contributed by atoms with Crippen LogP contribution >= 0.6 is 23.2 Å². The van der Waals surface area contributed by atoms with Gasteiger partial charge in [-0.3, -0.25) is 4.79 Å². The number of nitrogens with one attached hydrogen (secondary N) is 1. The van der Waals surface area contributed by atoms with E-state index in [0.29, 0.717) is 0 Å². The topological polar surface area (TPSA) is 29.1 Å². The van der Waals surface area contributed by atoms with Crippen molar-refractivity contribution < 1.29 is 18.0 Å². The molecule has 2 nitrogen and oxygen atoms in total. The summed E-state index contributed by atoms with van der Waals surface area (Å²) in [5.41, 5.74) is -0.963. The lowest BCUT2D eigenvalue weighted by molar-refractivity contribution is -0.137. The van der Waals surface area contributed by atoms with Crippen molar-refractivity contribution in [2.75, 3.05) is 5.32 Å². The number of rotatable bonds is 2. The van der Waals surface area contributed by atoms with Crippen LogP contribution in [0.5, 0.6) is 0 Å². The van der Waals surface area contributed by atoms with Crippen LogP contribution in [0.2, 0.25) is 10.0 Å². The summed E-state index contributed by atoms with van der Waals surface area (Å²) < 4.78 is 37.2. The van der Waals surface area contributed by atoms with Gasteiger partial charge in [0.15, 0.2) is 0 Å². The van der Waals surface area contributed by atoms with Crippen molar-refractivity contribution in [2.45, 2.75) is 19.5 Å². The van der Waals surface area contributed by atoms with Gasteiger partial charge >= 0.3 is 6.18 Å². The third-order valence-corrected chi connectivity index (χ3v) is 2.55. The number of hydrogen-bond donors (Lipinski definition) is 1. The van der Waals surface area contributed by atoms with E-state index in [-0.39, 0.29) is 28.1 Å². The second-order valence-corrected chi connectivity index (χ2v) is 4.03. The fourth-order valence-corrected chi connectivity index (χ4v) is 1.67. The van der Waals surface area contributed by atoms with Crippen LogP contribution < -0.4 is 5.32 Å². The zero-order valence-electron chi connectivity index (χ0n) is 8.66. The number of carbonyl (C=O) groups is 1. The first kappa shape index (κ1) is 14.1. The van der Waals surface area contributed by atoms with E-state index in [0.717, 1.165) is 12.1 Å². The van der Waals surface area contributed by atoms with Gasteiger partial charge in [-0.05, 0) is 12.1 Å². The van der Waals surface area contributed by atoms with Gasteiger partial charge in [0.05, 0.1) is 21.3 Å². The Morgan fingerprint density at radius 3 is 2.12 bits per heavy atom. The highest BCUT2D eigenvalue weighted by molar-refractivity contribution is 6.39. The van der Waals surface area contributed by atoms with Gasteiger partial charge in [-0.1, -0.05) is 30.1 Å². The van der Waals surface area contributed by atoms with Gasteiger partial charge < -0.3 is 5.32 Å². The molecule has 1 N–H and O–H groups in total. The number of hydrogen-bond acceptors (Lipinski definition) is 1. The second-order valence-electron chi connectivity index (χ2n) is 3.21. The summed E-state index contributed by atoms with van der Waals surface area (Å²) in [5, 5.41) is 1.85. The van der Waals surface area contributed by atoms with E-state index < -0.39 is 11.7 Å². The van der Waals surface area contributed by atoms with Crippen molar-refractivity contribution in [2.24, 2.45) is 0 Å². The highest BCUT2D eigenvalue weighted by Gasteiger charge is 2.32. The van der Waals surface area contributed by atoms with Gasteiger partial charge in [0.1, 0.15) is 0 Å². The minimum absolute atomic E-state index is 0.00631. The Balaban J connectivity index is 3.15. The summed E-state index contributed by atoms with van der Waals surface area (Å²) in [6, 6.07) is 1.44. The maximum absolute atomic E-state index is 12.4. The Morgan fingerprint density at radius 2 is 1.76 bits per heavy atom. The molecule has 0 aliphatic rings. The summed E-state index contributed by atoms with van der Waals surface area (Å²) in [4.78, 5) is 11.1. The van der Waals surface area contributed by atoms with Gasteiger partial charge in [-0.2, -0.15) is 13.2 Å². The molecule has 1 rings (SSSR count). The number of amides is 1. The van der Waals surface area contributed by atoms with Gasteiger partial charge in [0, 0.05) is 6.42 Å². The van der Waals surface area contributed by atoms with E-state index in [4.69, 9.17) is 23.2 Å². The Hall–Kier alpha value is -0.940. The molecular formula is C10H8Cl2F3NO. The summed E-state index contributed by atoms with van der Waals surface area (Å²) >= 11 is 11.3. The molecule has 1 amide bonds. The van der Waals surface area contributed by atoms with E-state index in [9.17, 15) is 18.0 Å². The van der Waals surface area contributed by atoms with Gasteiger partial charge in [0.25, 0.3) is 0 Å². The van der Waals surface area contributed by atoms with Crippen molar-refractivity contribution in [1.29, 1.82) is 0 Å². The van der Waals surface area contributed by atoms with E-state index in [2.05, 4.69) is 5.32 Å². The molecule has 7 heteroatoms. The number of carbonyl (C=O) groups excluding carboxylic acids is 1. The lowest BCUT2D eigenvalue weighted by Gasteiger charge is -2.12. The number of halogens is 5. The molecule has 0 aliphatic carbocycles. The standard InChI is InChI=1S/C10H8Cl2F3NO/c1-2-8(17)16-9-6(11)3-5(4-7(9)12)10(13,14)15/h3-4H,2H2,1H3,(H,16,17). The first-order valence-corrected chi connectivity index (χ1v) is 5.37. The largest absolute Gasteiger partial charge is 0.416 e. The molecule has 0 saturated heterocycles. The highest BCUT2D eigenvalue weighted by atomic mass is 35.5. The predicted molar refractivity (Wildman–Crippen MR) is 60.4 cm³/mol. The zero-order valence-corrected chi connectivity index (χ0v) is 10.2. The maximum atomic E-state index is 12.4. The van der Waals surface area contributed by atoms with Crippen LogP contribution in [0.1, 0.15) is 18.9 Å². The van der Waals surface area contributed by atoms with Crippen LogP contribution in [0.4, 0.5) is 18.9 Å². The molecule has 0 aliphatic heterocycles. The molecule has 94 valence electrons. The van der Waals surface area contributed by atoms with Crippen LogP contribution in [0, 0.1) is 0 Å². The normalized spacial score (nSPS) is 11.4. The Bertz CT molecular complexity index is 423. The molecule has 0 fully saturated rings. The summed E-state index contributed by atoms with van der Waals surface area (Å²) in [6.07, 6.45) is -4.35. The summed E-state index contributed by atoms with van der Waals surface area (Å²) in [7, 11) is 0. The molecule has 1 aromatic rings. The van der Waals surface area contributed by atoms with E-state index in [1.165, 1.54) is 0 Å². The smallest absolute Gasteiger partial charge is 0.324 e. The third-order valence-electron chi connectivity index (χ3n) is 1.95. The molecule has 0 heterocycles. The quantitative estimate of drug-likeness (QED) is 0.859. The molecule has 0 radical (unpaired) electrons. The monoisotopic (exact) mass is 285 g/mol. The molecule has 0 unspecified atom stereocenters. The third kappa shape index (κ3) is 3.51. The highest BCUT2D eigenvalue weighted by Crippen LogP contribution is 2.38. The van der Waals surface area contributed by atoms with E-state index in [1.54, 1.807) is 6.92 Å². The fraction of sp³-hybridized carbons (Fsp3) is 0.300. The van der Waals surface area contributed by atoms with Crippen molar-refractivity contribution >= 4 is 34.8 Å². The molecule has 17 heavy (non-hydrogen) atoms. The van der Waals surface area contributed by atoms with Crippen molar-refractivity contribution in [3.8, 4) is 0 Å². The molecule has 0 bridgehead atoms. The van der Waals surface area contributed by atoms with Crippen molar-refractivity contribution in [1.82, 2.24) is 0 Å². The Morgan fingerprint density at radius 1 is 1.29 bits per heavy atom. The van der Waals surface area contributed by atoms with Gasteiger partial charge in [0.2, 0.25) is 5.91 Å². The van der Waals surface area contributed by atoms with Crippen molar-refractivity contribution in [3.63, 3.8) is 0 Å². The molecular weight excluding hydrogens is 278 g/mol. The van der Waals surface area contributed by atoms with Gasteiger partial charge in [-0.15, -0.1) is 0 Å². The maximum Gasteiger partial charge on any atom is 0.416 e. The first-order valence-electron chi connectivity index (χ1n) is 4.61. The van der Waals surface area contributed by atoms with Crippen LogP contribution in [0.25, 0.3) is 0 Å². The second kappa shape index (κ2) is 5.14. The average molecular weight is 286 g/mol. The predicted octanol–water partition coefficient (Wildman–Crippen LogP) is 4.36. The number of anilines is 1. The fourth-order valence-electron chi connectivity index (χ4n) is 1.08. The molecule has 0 spiro atoms. The number of alkyl halides is 3.